The summed E-state index contributed by atoms with van der Waals surface area (Å²) < 4.78 is 0. The van der Waals surface area contributed by atoms with Crippen LogP contribution in [0.25, 0.3) is 0 Å². The van der Waals surface area contributed by atoms with Crippen molar-refractivity contribution in [1.82, 2.24) is 4.98 Å². The molecule has 17 heavy (non-hydrogen) atoms. The van der Waals surface area contributed by atoms with E-state index in [-0.39, 0.29) is 5.91 Å². The molecule has 1 heterocycles. The van der Waals surface area contributed by atoms with Crippen molar-refractivity contribution in [3.8, 4) is 0 Å². The van der Waals surface area contributed by atoms with E-state index in [1.165, 1.54) is 0 Å². The van der Waals surface area contributed by atoms with Crippen molar-refractivity contribution in [1.29, 1.82) is 0 Å². The molecule has 0 saturated carbocycles. The van der Waals surface area contributed by atoms with E-state index in [0.717, 1.165) is 12.0 Å². The number of rotatable bonds is 4. The summed E-state index contributed by atoms with van der Waals surface area (Å²) >= 11 is 3.34. The van der Waals surface area contributed by atoms with Crippen molar-refractivity contribution in [3.63, 3.8) is 0 Å². The maximum Gasteiger partial charge on any atom is 0.231 e. The zero-order valence-electron chi connectivity index (χ0n) is 10.4. The van der Waals surface area contributed by atoms with Gasteiger partial charge in [-0.2, -0.15) is 0 Å². The normalized spacial score (nSPS) is 11.3. The van der Waals surface area contributed by atoms with Crippen molar-refractivity contribution < 1.29 is 4.79 Å². The van der Waals surface area contributed by atoms with Gasteiger partial charge < -0.3 is 5.32 Å². The maximum atomic E-state index is 12.0. The van der Waals surface area contributed by atoms with E-state index in [9.17, 15) is 4.79 Å². The van der Waals surface area contributed by atoms with Gasteiger partial charge in [0.2, 0.25) is 5.91 Å². The molecule has 0 bridgehead atoms. The van der Waals surface area contributed by atoms with E-state index < -0.39 is 5.41 Å². The van der Waals surface area contributed by atoms with Crippen LogP contribution in [0.5, 0.6) is 0 Å². The van der Waals surface area contributed by atoms with E-state index in [1.54, 1.807) is 12.3 Å². The highest BCUT2D eigenvalue weighted by Gasteiger charge is 2.25. The zero-order valence-corrected chi connectivity index (χ0v) is 12.0. The van der Waals surface area contributed by atoms with Crippen molar-refractivity contribution in [2.75, 3.05) is 5.32 Å². The maximum absolute atomic E-state index is 12.0. The fraction of sp³-hybridized carbons (Fsp3) is 0.500. The van der Waals surface area contributed by atoms with Gasteiger partial charge in [0.1, 0.15) is 13.7 Å². The molecule has 0 aliphatic carbocycles. The van der Waals surface area contributed by atoms with Crippen LogP contribution in [0.4, 0.5) is 5.82 Å². The number of alkyl halides is 1. The van der Waals surface area contributed by atoms with Crippen LogP contribution < -0.4 is 10.8 Å². The molecule has 0 fully saturated rings. The van der Waals surface area contributed by atoms with Crippen LogP contribution in [-0.4, -0.2) is 18.7 Å². The van der Waals surface area contributed by atoms with Gasteiger partial charge in [0.15, 0.2) is 0 Å². The molecule has 1 N–H and O–H groups in total. The van der Waals surface area contributed by atoms with E-state index in [4.69, 9.17) is 7.85 Å². The Morgan fingerprint density at radius 3 is 2.76 bits per heavy atom. The SMILES string of the molecule is [B]c1cnc(NC(=O)C(C)(C)CC)cc1CBr. The van der Waals surface area contributed by atoms with Crippen LogP contribution in [0.2, 0.25) is 0 Å². The molecule has 0 aliphatic heterocycles. The number of carbonyl (C=O) groups excluding carboxylic acids is 1. The zero-order chi connectivity index (χ0) is 13.1. The summed E-state index contributed by atoms with van der Waals surface area (Å²) in [7, 11) is 5.74. The fourth-order valence-corrected chi connectivity index (χ4v) is 1.62. The minimum Gasteiger partial charge on any atom is -0.310 e. The van der Waals surface area contributed by atoms with E-state index in [2.05, 4.69) is 26.2 Å². The van der Waals surface area contributed by atoms with Crippen LogP contribution in [0.3, 0.4) is 0 Å². The Balaban J connectivity index is 2.86. The number of anilines is 1. The lowest BCUT2D eigenvalue weighted by Crippen LogP contribution is -2.30. The van der Waals surface area contributed by atoms with Crippen molar-refractivity contribution in [3.05, 3.63) is 17.8 Å². The fourth-order valence-electron chi connectivity index (χ4n) is 1.14. The quantitative estimate of drug-likeness (QED) is 0.683. The first kappa shape index (κ1) is 14.2. The molecular weight excluding hydrogens is 279 g/mol. The monoisotopic (exact) mass is 294 g/mol. The summed E-state index contributed by atoms with van der Waals surface area (Å²) in [5, 5.41) is 3.45. The van der Waals surface area contributed by atoms with Gasteiger partial charge in [-0.3, -0.25) is 4.79 Å². The Morgan fingerprint density at radius 2 is 2.24 bits per heavy atom. The van der Waals surface area contributed by atoms with Crippen molar-refractivity contribution >= 4 is 41.0 Å². The Labute approximate surface area is 112 Å². The Morgan fingerprint density at radius 1 is 1.59 bits per heavy atom. The number of amides is 1. The number of nitrogens with zero attached hydrogens (tertiary/aromatic N) is 1. The molecule has 1 rings (SSSR count). The summed E-state index contributed by atoms with van der Waals surface area (Å²) in [6.07, 6.45) is 2.34. The van der Waals surface area contributed by atoms with Gasteiger partial charge in [-0.05, 0) is 18.1 Å². The third-order valence-corrected chi connectivity index (χ3v) is 3.51. The summed E-state index contributed by atoms with van der Waals surface area (Å²) in [6.45, 7) is 5.80. The Kier molecular flexibility index (Phi) is 4.75. The van der Waals surface area contributed by atoms with Gasteiger partial charge in [0.25, 0.3) is 0 Å². The molecule has 90 valence electrons. The average Bonchev–Trinajstić information content (AvgIpc) is 2.31. The number of halogens is 1. The smallest absolute Gasteiger partial charge is 0.231 e. The van der Waals surface area contributed by atoms with Crippen LogP contribution in [0, 0.1) is 5.41 Å². The Hall–Kier alpha value is -0.835. The second kappa shape index (κ2) is 5.67. The minimum absolute atomic E-state index is 0.0298. The lowest BCUT2D eigenvalue weighted by molar-refractivity contribution is -0.124. The third-order valence-electron chi connectivity index (χ3n) is 2.91. The second-order valence-corrected chi connectivity index (χ2v) is 5.15. The van der Waals surface area contributed by atoms with Crippen LogP contribution >= 0.6 is 15.9 Å². The standard InChI is InChI=1S/C12H16BBrN2O/c1-4-12(2,3)11(17)16-10-5-8(6-14)9(13)7-15-10/h5,7H,4,6H2,1-3H3,(H,15,16,17). The van der Waals surface area contributed by atoms with Gasteiger partial charge in [-0.25, -0.2) is 4.98 Å². The predicted molar refractivity (Wildman–Crippen MR) is 75.0 cm³/mol. The second-order valence-electron chi connectivity index (χ2n) is 4.59. The number of hydrogen-bond donors (Lipinski definition) is 1. The summed E-state index contributed by atoms with van der Waals surface area (Å²) in [5.41, 5.74) is 1.15. The topological polar surface area (TPSA) is 42.0 Å². The number of pyridine rings is 1. The molecule has 0 saturated heterocycles. The van der Waals surface area contributed by atoms with E-state index in [0.29, 0.717) is 16.6 Å². The minimum atomic E-state index is -0.391. The molecule has 0 unspecified atom stereocenters. The van der Waals surface area contributed by atoms with Gasteiger partial charge in [-0.1, -0.05) is 42.2 Å². The molecule has 0 aromatic carbocycles. The van der Waals surface area contributed by atoms with Crippen LogP contribution in [0.15, 0.2) is 12.3 Å². The van der Waals surface area contributed by atoms with Crippen molar-refractivity contribution in [2.45, 2.75) is 32.5 Å². The van der Waals surface area contributed by atoms with Gasteiger partial charge in [0, 0.05) is 16.9 Å². The average molecular weight is 295 g/mol. The van der Waals surface area contributed by atoms with Crippen LogP contribution in [-0.2, 0) is 10.1 Å². The van der Waals surface area contributed by atoms with Gasteiger partial charge >= 0.3 is 0 Å². The van der Waals surface area contributed by atoms with Crippen molar-refractivity contribution in [2.24, 2.45) is 5.41 Å². The highest BCUT2D eigenvalue weighted by Crippen LogP contribution is 2.21. The lowest BCUT2D eigenvalue weighted by atomic mass is 9.89. The number of hydrogen-bond acceptors (Lipinski definition) is 2. The molecule has 1 aromatic rings. The lowest BCUT2D eigenvalue weighted by Gasteiger charge is -2.21. The number of carbonyl (C=O) groups is 1. The van der Waals surface area contributed by atoms with Crippen LogP contribution in [0.1, 0.15) is 32.8 Å². The van der Waals surface area contributed by atoms with Gasteiger partial charge in [-0.15, -0.1) is 0 Å². The molecule has 1 amide bonds. The Bertz CT molecular complexity index is 421. The number of nitrogens with one attached hydrogen (secondary N) is 1. The molecular formula is C12H16BBrN2O. The highest BCUT2D eigenvalue weighted by atomic mass is 79.9. The highest BCUT2D eigenvalue weighted by molar-refractivity contribution is 9.08. The first-order valence-corrected chi connectivity index (χ1v) is 6.64. The molecule has 2 radical (unpaired) electrons. The van der Waals surface area contributed by atoms with Gasteiger partial charge in [0.05, 0.1) is 0 Å². The summed E-state index contributed by atoms with van der Waals surface area (Å²) in [4.78, 5) is 16.1. The first-order chi connectivity index (χ1) is 7.90. The third kappa shape index (κ3) is 3.56. The summed E-state index contributed by atoms with van der Waals surface area (Å²) in [6, 6.07) is 1.79. The predicted octanol–water partition coefficient (Wildman–Crippen LogP) is 2.14. The van der Waals surface area contributed by atoms with E-state index >= 15 is 0 Å². The molecule has 0 aliphatic rings. The molecule has 5 heteroatoms. The summed E-state index contributed by atoms with van der Waals surface area (Å²) in [5.74, 6) is 0.512. The first-order valence-electron chi connectivity index (χ1n) is 5.52. The molecule has 3 nitrogen and oxygen atoms in total. The molecule has 0 spiro atoms. The number of aromatic nitrogens is 1. The molecule has 1 aromatic heterocycles. The van der Waals surface area contributed by atoms with E-state index in [1.807, 2.05) is 20.8 Å². The molecule has 0 atom stereocenters. The largest absolute Gasteiger partial charge is 0.310 e.